The Morgan fingerprint density at radius 2 is 0.846 bits per heavy atom. The summed E-state index contributed by atoms with van der Waals surface area (Å²) in [6.07, 6.45) is 22.9. The number of allylic oxidation sites excluding steroid dienone is 6. The zero-order chi connectivity index (χ0) is 65.3. The Balaban J connectivity index is 1.27. The van der Waals surface area contributed by atoms with Crippen LogP contribution in [0.1, 0.15) is 224 Å². The number of fused-ring (bicyclic) bond motifs is 5. The predicted molar refractivity (Wildman–Crippen MR) is 384 cm³/mol. The molecule has 4 heterocycles. The summed E-state index contributed by atoms with van der Waals surface area (Å²) in [4.78, 5) is 44.4. The van der Waals surface area contributed by atoms with Gasteiger partial charge in [0.2, 0.25) is 0 Å². The summed E-state index contributed by atoms with van der Waals surface area (Å²) in [6.45, 7) is 35.3. The van der Waals surface area contributed by atoms with Crippen LogP contribution >= 0.6 is 91.8 Å². The molecule has 2 aromatic carbocycles. The standard InChI is InChI=1S/C75H78Cl4N4O4S4/c1-11-19-23-43(15-5)37-75(38-44(16-6)24-20-12-2)55-35-65(73-63(86-41-45(17-7)25-21-13-3)29-47(88-73)27-53-67(61(39-80)82-9)49-31-57(76)59(78)33-51(49)69(53)84)90-71(55)72-56(75)36-66(91-72)74-64(87-42-46(18-8)26-22-14-4)30-48(89-74)28-54-68(62(40-81)83-10)50-32-58(77)60(79)34-52(50)70(54)85/h27-36,43-46H,11-26,37-38,41-42H2,1-8H3/b53-27-,54-28-,67-61-,68-62+. The van der Waals surface area contributed by atoms with Crippen LogP contribution in [0.5, 0.6) is 11.5 Å². The van der Waals surface area contributed by atoms with E-state index in [0.717, 1.165) is 156 Å². The highest BCUT2D eigenvalue weighted by atomic mass is 35.5. The average Bonchev–Trinajstić information content (AvgIpc) is 1.54. The maximum absolute atomic E-state index is 14.5. The first kappa shape index (κ1) is 69.6. The van der Waals surface area contributed by atoms with E-state index in [4.69, 9.17) is 69.0 Å². The van der Waals surface area contributed by atoms with Crippen molar-refractivity contribution in [3.8, 4) is 52.9 Å². The van der Waals surface area contributed by atoms with Gasteiger partial charge in [-0.05, 0) is 132 Å². The number of nitrogens with zero attached hydrogens (tertiary/aromatic N) is 4. The van der Waals surface area contributed by atoms with Gasteiger partial charge in [-0.2, -0.15) is 0 Å². The molecule has 0 radical (unpaired) electrons. The van der Waals surface area contributed by atoms with Gasteiger partial charge >= 0.3 is 0 Å². The first-order chi connectivity index (χ1) is 44.0. The van der Waals surface area contributed by atoms with Gasteiger partial charge in [0.25, 0.3) is 11.4 Å². The normalized spacial score (nSPS) is 18.1. The van der Waals surface area contributed by atoms with Crippen molar-refractivity contribution in [3.05, 3.63) is 157 Å². The van der Waals surface area contributed by atoms with Crippen LogP contribution in [0.3, 0.4) is 0 Å². The molecule has 0 bridgehead atoms. The van der Waals surface area contributed by atoms with Gasteiger partial charge < -0.3 is 9.47 Å². The number of nitriles is 2. The number of unbranched alkanes of at least 4 members (excludes halogenated alkanes) is 4. The Labute approximate surface area is 574 Å². The number of Topliss-reactive ketones (excluding diaryl/α,β-unsaturated/α-hetero) is 2. The monoisotopic (exact) mass is 1370 g/mol. The van der Waals surface area contributed by atoms with Crippen LogP contribution in [-0.2, 0) is 5.41 Å². The second-order valence-corrected chi connectivity index (χ2v) is 30.4. The lowest BCUT2D eigenvalue weighted by Crippen LogP contribution is -2.31. The van der Waals surface area contributed by atoms with E-state index in [0.29, 0.717) is 59.1 Å². The highest BCUT2D eigenvalue weighted by Gasteiger charge is 2.49. The molecular formula is C75H78Cl4N4O4S4. The molecule has 3 aliphatic rings. The molecule has 4 atom stereocenters. The van der Waals surface area contributed by atoms with Crippen LogP contribution in [0.2, 0.25) is 20.1 Å². The molecule has 0 N–H and O–H groups in total. The largest absolute Gasteiger partial charge is 0.492 e. The second-order valence-electron chi connectivity index (χ2n) is 24.5. The third-order valence-electron chi connectivity index (χ3n) is 18.6. The molecule has 4 aromatic heterocycles. The fourth-order valence-electron chi connectivity index (χ4n) is 13.3. The van der Waals surface area contributed by atoms with Crippen LogP contribution in [0.25, 0.3) is 62.3 Å². The quantitative estimate of drug-likeness (QED) is 0.0252. The highest BCUT2D eigenvalue weighted by Crippen LogP contribution is 2.64. The summed E-state index contributed by atoms with van der Waals surface area (Å²) in [7, 11) is 0. The van der Waals surface area contributed by atoms with Gasteiger partial charge in [-0.25, -0.2) is 20.2 Å². The zero-order valence-electron chi connectivity index (χ0n) is 53.3. The molecule has 0 amide bonds. The lowest BCUT2D eigenvalue weighted by molar-refractivity contribution is 0.103. The van der Waals surface area contributed by atoms with Crippen molar-refractivity contribution in [2.24, 2.45) is 23.7 Å². The van der Waals surface area contributed by atoms with E-state index in [9.17, 15) is 20.1 Å². The molecule has 0 saturated heterocycles. The Kier molecular flexibility index (Phi) is 24.1. The molecule has 91 heavy (non-hydrogen) atoms. The minimum absolute atomic E-state index is 0.201. The molecule has 3 aliphatic carbocycles. The number of carbonyl (C=O) groups excluding carboxylic acids is 2. The van der Waals surface area contributed by atoms with Gasteiger partial charge in [0.05, 0.1) is 68.3 Å². The molecule has 474 valence electrons. The number of hydrogen-bond acceptors (Lipinski definition) is 10. The lowest BCUT2D eigenvalue weighted by Gasteiger charge is -2.37. The number of halogens is 4. The Bertz CT molecular complexity index is 3760. The zero-order valence-corrected chi connectivity index (χ0v) is 59.6. The minimum Gasteiger partial charge on any atom is -0.492 e. The van der Waals surface area contributed by atoms with Crippen molar-refractivity contribution in [3.63, 3.8) is 0 Å². The van der Waals surface area contributed by atoms with Gasteiger partial charge in [0.1, 0.15) is 11.5 Å². The molecule has 16 heteroatoms. The molecule has 9 rings (SSSR count). The molecule has 0 aliphatic heterocycles. The molecule has 0 spiro atoms. The fraction of sp³-hybridized carbons (Fsp3) is 0.440. The Morgan fingerprint density at radius 1 is 0.505 bits per heavy atom. The van der Waals surface area contributed by atoms with Crippen molar-refractivity contribution in [1.29, 1.82) is 10.5 Å². The number of ketones is 2. The predicted octanol–water partition coefficient (Wildman–Crippen LogP) is 25.4. The van der Waals surface area contributed by atoms with Crippen LogP contribution < -0.4 is 9.47 Å². The van der Waals surface area contributed by atoms with Crippen molar-refractivity contribution < 1.29 is 19.1 Å². The maximum atomic E-state index is 14.5. The van der Waals surface area contributed by atoms with Crippen molar-refractivity contribution in [2.45, 2.75) is 176 Å². The van der Waals surface area contributed by atoms with Crippen LogP contribution in [-0.4, -0.2) is 24.8 Å². The third kappa shape index (κ3) is 14.5. The SMILES string of the molecule is [C-]#[N+]/C(C#N)=C1\C(=C\c2cc(OCC(CC)CCCC)c(-c3cc4c(s3)-c3sc(-c5sc(/C=C6\C(=O)c7cc(Cl)c(Cl)cc7\C6=C(\C#N)[N+]#[C-])cc5OCC(CC)CCCC)cc3C4(CC(CC)CCCC)CC(CC)CCCC)s2)C(=O)c2cc(Cl)c(Cl)cc21. The van der Waals surface area contributed by atoms with Crippen molar-refractivity contribution in [1.82, 2.24) is 0 Å². The van der Waals surface area contributed by atoms with Gasteiger partial charge in [0.15, 0.2) is 11.6 Å². The van der Waals surface area contributed by atoms with E-state index in [2.05, 4.69) is 89.4 Å². The number of hydrogen-bond donors (Lipinski definition) is 0. The summed E-state index contributed by atoms with van der Waals surface area (Å²) in [5.74, 6) is 2.38. The number of ether oxygens (including phenoxy) is 2. The molecule has 4 unspecified atom stereocenters. The van der Waals surface area contributed by atoms with Crippen LogP contribution in [0.15, 0.2) is 71.1 Å². The summed E-state index contributed by atoms with van der Waals surface area (Å²) in [6, 6.07) is 19.3. The second kappa shape index (κ2) is 31.5. The van der Waals surface area contributed by atoms with Gasteiger partial charge in [-0.1, -0.05) is 192 Å². The molecule has 6 aromatic rings. The Morgan fingerprint density at radius 3 is 1.16 bits per heavy atom. The van der Waals surface area contributed by atoms with E-state index < -0.39 is 0 Å². The first-order valence-electron chi connectivity index (χ1n) is 32.4. The molecule has 8 nitrogen and oxygen atoms in total. The van der Waals surface area contributed by atoms with Gasteiger partial charge in [-0.3, -0.25) is 9.59 Å². The molecule has 0 saturated carbocycles. The lowest BCUT2D eigenvalue weighted by atomic mass is 9.65. The average molecular weight is 1370 g/mol. The third-order valence-corrected chi connectivity index (χ3v) is 25.0. The first-order valence-corrected chi connectivity index (χ1v) is 37.2. The number of thiophene rings is 4. The summed E-state index contributed by atoms with van der Waals surface area (Å²) < 4.78 is 14.1. The van der Waals surface area contributed by atoms with Crippen LogP contribution in [0, 0.1) is 59.5 Å². The minimum atomic E-state index is -0.348. The van der Waals surface area contributed by atoms with E-state index >= 15 is 0 Å². The number of rotatable bonds is 30. The van der Waals surface area contributed by atoms with Gasteiger partial charge in [-0.15, -0.1) is 45.3 Å². The topological polar surface area (TPSA) is 109 Å². The number of carbonyl (C=O) groups is 2. The summed E-state index contributed by atoms with van der Waals surface area (Å²) in [5, 5.41) is 21.5. The van der Waals surface area contributed by atoms with Crippen molar-refractivity contribution in [2.75, 3.05) is 13.2 Å². The van der Waals surface area contributed by atoms with E-state index in [1.54, 1.807) is 69.6 Å². The highest BCUT2D eigenvalue weighted by molar-refractivity contribution is 7.29. The van der Waals surface area contributed by atoms with Crippen LogP contribution in [0.4, 0.5) is 0 Å². The molecular weight excluding hydrogens is 1290 g/mol. The smallest absolute Gasteiger partial charge is 0.270 e. The van der Waals surface area contributed by atoms with Crippen molar-refractivity contribution >= 4 is 127 Å². The van der Waals surface area contributed by atoms with E-state index in [1.807, 2.05) is 12.1 Å². The van der Waals surface area contributed by atoms with E-state index in [1.165, 1.54) is 33.0 Å². The fourth-order valence-corrected chi connectivity index (χ4v) is 19.0. The van der Waals surface area contributed by atoms with E-state index in [-0.39, 0.29) is 70.8 Å². The molecule has 0 fully saturated rings. The van der Waals surface area contributed by atoms with Gasteiger partial charge in [0, 0.05) is 68.1 Å². The summed E-state index contributed by atoms with van der Waals surface area (Å²) in [5.41, 5.74) is 4.34. The number of benzene rings is 2. The maximum Gasteiger partial charge on any atom is 0.270 e. The summed E-state index contributed by atoms with van der Waals surface area (Å²) >= 11 is 32.9. The Hall–Kier alpha value is -5.74.